The van der Waals surface area contributed by atoms with Crippen molar-refractivity contribution in [2.45, 2.75) is 45.4 Å². The molecule has 9 nitrogen and oxygen atoms in total. The minimum Gasteiger partial charge on any atom is -0.378 e. The largest absolute Gasteiger partial charge is 0.378 e. The average molecular weight is 482 g/mol. The quantitative estimate of drug-likeness (QED) is 0.389. The van der Waals surface area contributed by atoms with Gasteiger partial charge in [0, 0.05) is 25.0 Å². The van der Waals surface area contributed by atoms with Crippen molar-refractivity contribution in [1.82, 2.24) is 29.6 Å². The Hall–Kier alpha value is -3.70. The van der Waals surface area contributed by atoms with Gasteiger partial charge in [0.2, 0.25) is 5.95 Å². The van der Waals surface area contributed by atoms with Crippen molar-refractivity contribution in [2.24, 2.45) is 0 Å². The number of nitrogens with one attached hydrogen (secondary N) is 2. The van der Waals surface area contributed by atoms with Crippen LogP contribution in [-0.4, -0.2) is 42.4 Å². The van der Waals surface area contributed by atoms with Gasteiger partial charge in [-0.1, -0.05) is 12.1 Å². The summed E-state index contributed by atoms with van der Waals surface area (Å²) in [6, 6.07) is 10.5. The smallest absolute Gasteiger partial charge is 0.278 e. The molecule has 0 bridgehead atoms. The topological polar surface area (TPSA) is 110 Å². The first-order valence-corrected chi connectivity index (χ1v) is 11.4. The van der Waals surface area contributed by atoms with Crippen molar-refractivity contribution in [2.75, 3.05) is 11.9 Å². The van der Waals surface area contributed by atoms with Crippen LogP contribution in [0.4, 0.5) is 20.4 Å². The van der Waals surface area contributed by atoms with Crippen LogP contribution in [0.3, 0.4) is 0 Å². The number of pyridine rings is 1. The fourth-order valence-corrected chi connectivity index (χ4v) is 4.23. The summed E-state index contributed by atoms with van der Waals surface area (Å²) in [5.41, 5.74) is 0.606. The third-order valence-corrected chi connectivity index (χ3v) is 6.22. The standard InChI is InChI=1S/C24H25F2N7O2/c1-3-32-21(34)17-13-28-23(29-16-8-7-15-12-27-10-9-14(15)11-16)31-20(17)33(32)19-6-4-5-18(30-19)24(2,35)22(25)26/h4-8,11,13,22,27,35H,3,9-10,12H2,1-2H3,(H,28,29,31). The van der Waals surface area contributed by atoms with Gasteiger partial charge in [0.05, 0.1) is 5.69 Å². The maximum Gasteiger partial charge on any atom is 0.278 e. The van der Waals surface area contributed by atoms with E-state index in [0.717, 1.165) is 32.1 Å². The lowest BCUT2D eigenvalue weighted by Crippen LogP contribution is -2.32. The van der Waals surface area contributed by atoms with Crippen LogP contribution < -0.4 is 16.2 Å². The summed E-state index contributed by atoms with van der Waals surface area (Å²) in [5.74, 6) is 0.465. The van der Waals surface area contributed by atoms with Gasteiger partial charge in [0.15, 0.2) is 17.1 Å². The van der Waals surface area contributed by atoms with Gasteiger partial charge in [-0.05, 0) is 62.2 Å². The first kappa shape index (κ1) is 23.1. The van der Waals surface area contributed by atoms with Gasteiger partial charge >= 0.3 is 0 Å². The number of anilines is 2. The lowest BCUT2D eigenvalue weighted by Gasteiger charge is -2.22. The summed E-state index contributed by atoms with van der Waals surface area (Å²) in [5, 5.41) is 17.0. The van der Waals surface area contributed by atoms with E-state index in [1.54, 1.807) is 13.0 Å². The van der Waals surface area contributed by atoms with Crippen LogP contribution in [0.5, 0.6) is 0 Å². The third-order valence-electron chi connectivity index (χ3n) is 6.22. The maximum atomic E-state index is 13.4. The molecular formula is C24H25F2N7O2. The number of aromatic nitrogens is 5. The van der Waals surface area contributed by atoms with Gasteiger partial charge in [-0.25, -0.2) is 28.1 Å². The molecule has 182 valence electrons. The fraction of sp³-hybridized carbons (Fsp3) is 0.333. The predicted octanol–water partition coefficient (Wildman–Crippen LogP) is 2.86. The monoisotopic (exact) mass is 481 g/mol. The summed E-state index contributed by atoms with van der Waals surface area (Å²) in [4.78, 5) is 26.2. The first-order valence-electron chi connectivity index (χ1n) is 11.4. The first-order chi connectivity index (χ1) is 16.8. The molecule has 5 rings (SSSR count). The molecular weight excluding hydrogens is 456 g/mol. The van der Waals surface area contributed by atoms with Crippen molar-refractivity contribution in [3.63, 3.8) is 0 Å². The molecule has 1 atom stereocenters. The zero-order chi connectivity index (χ0) is 24.7. The van der Waals surface area contributed by atoms with Crippen LogP contribution in [0.2, 0.25) is 0 Å². The average Bonchev–Trinajstić information content (AvgIpc) is 3.14. The zero-order valence-electron chi connectivity index (χ0n) is 19.3. The Balaban J connectivity index is 1.60. The highest BCUT2D eigenvalue weighted by Gasteiger charge is 2.36. The van der Waals surface area contributed by atoms with Crippen LogP contribution in [0, 0.1) is 0 Å². The van der Waals surface area contributed by atoms with E-state index in [9.17, 15) is 18.7 Å². The molecule has 0 fully saturated rings. The molecule has 0 saturated carbocycles. The lowest BCUT2D eigenvalue weighted by atomic mass is 10.0. The van der Waals surface area contributed by atoms with Gasteiger partial charge < -0.3 is 15.7 Å². The van der Waals surface area contributed by atoms with E-state index < -0.39 is 12.0 Å². The molecule has 0 spiro atoms. The molecule has 1 aliphatic heterocycles. The van der Waals surface area contributed by atoms with Gasteiger partial charge in [-0.2, -0.15) is 4.98 Å². The Morgan fingerprint density at radius 3 is 2.83 bits per heavy atom. The van der Waals surface area contributed by atoms with Gasteiger partial charge in [-0.15, -0.1) is 0 Å². The Morgan fingerprint density at radius 1 is 1.23 bits per heavy atom. The normalized spacial score (nSPS) is 15.3. The van der Waals surface area contributed by atoms with E-state index in [1.807, 2.05) is 6.07 Å². The number of benzene rings is 1. The van der Waals surface area contributed by atoms with E-state index in [2.05, 4.69) is 37.7 Å². The van der Waals surface area contributed by atoms with Gasteiger partial charge in [-0.3, -0.25) is 4.79 Å². The molecule has 1 aromatic carbocycles. The summed E-state index contributed by atoms with van der Waals surface area (Å²) in [7, 11) is 0. The molecule has 4 heterocycles. The van der Waals surface area contributed by atoms with Crippen LogP contribution in [0.25, 0.3) is 16.9 Å². The molecule has 35 heavy (non-hydrogen) atoms. The van der Waals surface area contributed by atoms with E-state index in [1.165, 1.54) is 38.8 Å². The highest BCUT2D eigenvalue weighted by Crippen LogP contribution is 2.28. The fourth-order valence-electron chi connectivity index (χ4n) is 4.23. The molecule has 4 aromatic rings. The van der Waals surface area contributed by atoms with Gasteiger partial charge in [0.1, 0.15) is 5.39 Å². The number of aliphatic hydroxyl groups is 1. The van der Waals surface area contributed by atoms with Crippen LogP contribution >= 0.6 is 0 Å². The Kier molecular flexibility index (Phi) is 5.81. The Bertz CT molecular complexity index is 1460. The minimum atomic E-state index is -3.04. The number of halogens is 2. The van der Waals surface area contributed by atoms with E-state index >= 15 is 0 Å². The number of hydrogen-bond donors (Lipinski definition) is 3. The van der Waals surface area contributed by atoms with Crippen molar-refractivity contribution in [3.05, 3.63) is 69.8 Å². The second-order valence-electron chi connectivity index (χ2n) is 8.63. The molecule has 3 N–H and O–H groups in total. The third kappa shape index (κ3) is 4.06. The molecule has 0 radical (unpaired) electrons. The van der Waals surface area contributed by atoms with Crippen molar-refractivity contribution < 1.29 is 13.9 Å². The summed E-state index contributed by atoms with van der Waals surface area (Å²) in [6.45, 7) is 4.82. The molecule has 1 unspecified atom stereocenters. The van der Waals surface area contributed by atoms with Crippen molar-refractivity contribution in [1.29, 1.82) is 0 Å². The van der Waals surface area contributed by atoms with Crippen LogP contribution in [0.1, 0.15) is 30.7 Å². The predicted molar refractivity (Wildman–Crippen MR) is 127 cm³/mol. The number of hydrogen-bond acceptors (Lipinski definition) is 7. The number of rotatable bonds is 6. The zero-order valence-corrected chi connectivity index (χ0v) is 19.3. The van der Waals surface area contributed by atoms with E-state index in [4.69, 9.17) is 0 Å². The summed E-state index contributed by atoms with van der Waals surface area (Å²) < 4.78 is 29.7. The Labute approximate surface area is 199 Å². The Morgan fingerprint density at radius 2 is 2.06 bits per heavy atom. The minimum absolute atomic E-state index is 0.184. The van der Waals surface area contributed by atoms with Crippen molar-refractivity contribution >= 4 is 22.7 Å². The van der Waals surface area contributed by atoms with Crippen LogP contribution in [0.15, 0.2) is 47.4 Å². The molecule has 1 aliphatic rings. The molecule has 11 heteroatoms. The molecule has 3 aromatic heterocycles. The summed E-state index contributed by atoms with van der Waals surface area (Å²) in [6.07, 6.45) is -0.670. The second-order valence-corrected chi connectivity index (χ2v) is 8.63. The number of alkyl halides is 2. The second kappa shape index (κ2) is 8.82. The van der Waals surface area contributed by atoms with Gasteiger partial charge in [0.25, 0.3) is 12.0 Å². The van der Waals surface area contributed by atoms with E-state index in [0.29, 0.717) is 0 Å². The number of fused-ring (bicyclic) bond motifs is 2. The highest BCUT2D eigenvalue weighted by molar-refractivity contribution is 5.77. The highest BCUT2D eigenvalue weighted by atomic mass is 19.3. The van der Waals surface area contributed by atoms with Crippen LogP contribution in [-0.2, 0) is 25.1 Å². The SMILES string of the molecule is CCn1c(=O)c2cnc(Nc3ccc4c(c3)CCNC4)nc2n1-c1cccc(C(C)(O)C(F)F)n1. The molecule has 0 amide bonds. The van der Waals surface area contributed by atoms with Crippen molar-refractivity contribution in [3.8, 4) is 5.82 Å². The lowest BCUT2D eigenvalue weighted by molar-refractivity contribution is -0.0910. The maximum absolute atomic E-state index is 13.4. The summed E-state index contributed by atoms with van der Waals surface area (Å²) >= 11 is 0. The number of nitrogens with zero attached hydrogens (tertiary/aromatic N) is 5. The molecule has 0 saturated heterocycles. The molecule has 0 aliphatic carbocycles. The van der Waals surface area contributed by atoms with E-state index in [-0.39, 0.29) is 40.6 Å².